The summed E-state index contributed by atoms with van der Waals surface area (Å²) in [5.74, 6) is -0.685. The molecule has 0 bridgehead atoms. The first-order valence-electron chi connectivity index (χ1n) is 7.45. The van der Waals surface area contributed by atoms with Crippen molar-refractivity contribution in [2.75, 3.05) is 19.6 Å². The zero-order chi connectivity index (χ0) is 15.5. The normalized spacial score (nSPS) is 19.9. The molecule has 0 aromatic heterocycles. The maximum absolute atomic E-state index is 13.9. The number of aryl methyl sites for hydroxylation is 1. The standard InChI is InChI=1S/C15H23FN2O2S/c1-3-18(11-13-6-4-5-9-17-13)21(19,20)15-10-12(2)7-8-14(15)16/h7-8,10,13,17H,3-6,9,11H2,1-2H3. The number of nitrogens with one attached hydrogen (secondary N) is 1. The minimum Gasteiger partial charge on any atom is -0.313 e. The number of halogens is 1. The molecule has 118 valence electrons. The van der Waals surface area contributed by atoms with Crippen LogP contribution in [0.4, 0.5) is 4.39 Å². The zero-order valence-electron chi connectivity index (χ0n) is 12.6. The number of hydrogen-bond acceptors (Lipinski definition) is 3. The number of likely N-dealkylation sites (N-methyl/N-ethyl adjacent to an activating group) is 1. The number of nitrogens with zero attached hydrogens (tertiary/aromatic N) is 1. The van der Waals surface area contributed by atoms with Gasteiger partial charge in [-0.05, 0) is 44.0 Å². The first kappa shape index (κ1) is 16.4. The summed E-state index contributed by atoms with van der Waals surface area (Å²) in [4.78, 5) is -0.222. The third-order valence-corrected chi connectivity index (χ3v) is 5.85. The summed E-state index contributed by atoms with van der Waals surface area (Å²) in [7, 11) is -3.79. The molecule has 0 spiro atoms. The molecule has 1 aliphatic rings. The Morgan fingerprint density at radius 3 is 2.76 bits per heavy atom. The van der Waals surface area contributed by atoms with E-state index in [4.69, 9.17) is 0 Å². The van der Waals surface area contributed by atoms with Crippen molar-refractivity contribution in [1.82, 2.24) is 9.62 Å². The largest absolute Gasteiger partial charge is 0.313 e. The highest BCUT2D eigenvalue weighted by molar-refractivity contribution is 7.89. The molecule has 0 amide bonds. The molecule has 1 heterocycles. The summed E-state index contributed by atoms with van der Waals surface area (Å²) in [6.07, 6.45) is 3.19. The van der Waals surface area contributed by atoms with Gasteiger partial charge in [0.15, 0.2) is 0 Å². The maximum Gasteiger partial charge on any atom is 0.246 e. The van der Waals surface area contributed by atoms with Crippen LogP contribution in [0.2, 0.25) is 0 Å². The first-order valence-corrected chi connectivity index (χ1v) is 8.89. The Kier molecular flexibility index (Phi) is 5.35. The molecule has 1 fully saturated rings. The molecular formula is C15H23FN2O2S. The van der Waals surface area contributed by atoms with E-state index in [1.54, 1.807) is 19.9 Å². The van der Waals surface area contributed by atoms with Crippen LogP contribution < -0.4 is 5.32 Å². The Morgan fingerprint density at radius 2 is 2.14 bits per heavy atom. The van der Waals surface area contributed by atoms with Crippen molar-refractivity contribution in [3.8, 4) is 0 Å². The highest BCUT2D eigenvalue weighted by atomic mass is 32.2. The topological polar surface area (TPSA) is 49.4 Å². The predicted molar refractivity (Wildman–Crippen MR) is 81.2 cm³/mol. The third-order valence-electron chi connectivity index (χ3n) is 3.89. The number of piperidine rings is 1. The van der Waals surface area contributed by atoms with E-state index >= 15 is 0 Å². The smallest absolute Gasteiger partial charge is 0.246 e. The number of hydrogen-bond donors (Lipinski definition) is 1. The number of benzene rings is 1. The molecule has 0 radical (unpaired) electrons. The number of sulfonamides is 1. The summed E-state index contributed by atoms with van der Waals surface area (Å²) in [5.41, 5.74) is 0.738. The third kappa shape index (κ3) is 3.81. The molecule has 1 atom stereocenters. The second-order valence-electron chi connectivity index (χ2n) is 5.54. The van der Waals surface area contributed by atoms with E-state index < -0.39 is 15.8 Å². The van der Waals surface area contributed by atoms with E-state index in [1.807, 2.05) is 0 Å². The summed E-state index contributed by atoms with van der Waals surface area (Å²) in [6, 6.07) is 4.35. The van der Waals surface area contributed by atoms with Gasteiger partial charge in [0, 0.05) is 19.1 Å². The molecule has 4 nitrogen and oxygen atoms in total. The number of rotatable bonds is 5. The highest BCUT2D eigenvalue weighted by Gasteiger charge is 2.29. The Labute approximate surface area is 126 Å². The van der Waals surface area contributed by atoms with E-state index in [1.165, 1.54) is 16.4 Å². The summed E-state index contributed by atoms with van der Waals surface area (Å²) >= 11 is 0. The lowest BCUT2D eigenvalue weighted by Gasteiger charge is -2.29. The van der Waals surface area contributed by atoms with Gasteiger partial charge in [-0.3, -0.25) is 0 Å². The van der Waals surface area contributed by atoms with Crippen molar-refractivity contribution < 1.29 is 12.8 Å². The van der Waals surface area contributed by atoms with Gasteiger partial charge < -0.3 is 5.32 Å². The van der Waals surface area contributed by atoms with Crippen LogP contribution in [0.15, 0.2) is 23.1 Å². The Balaban J connectivity index is 2.24. The fraction of sp³-hybridized carbons (Fsp3) is 0.600. The lowest BCUT2D eigenvalue weighted by Crippen LogP contribution is -2.45. The molecule has 2 rings (SSSR count). The molecule has 1 unspecified atom stereocenters. The van der Waals surface area contributed by atoms with Gasteiger partial charge in [0.2, 0.25) is 10.0 Å². The summed E-state index contributed by atoms with van der Waals surface area (Å²) in [5, 5.41) is 3.33. The van der Waals surface area contributed by atoms with Crippen LogP contribution in [0, 0.1) is 12.7 Å². The van der Waals surface area contributed by atoms with Crippen LogP contribution in [0.3, 0.4) is 0 Å². The second kappa shape index (κ2) is 6.85. The summed E-state index contributed by atoms with van der Waals surface area (Å²) in [6.45, 7) is 5.20. The molecule has 0 saturated carbocycles. The second-order valence-corrected chi connectivity index (χ2v) is 7.44. The molecule has 1 saturated heterocycles. The molecule has 1 aromatic carbocycles. The molecule has 6 heteroatoms. The van der Waals surface area contributed by atoms with E-state index in [9.17, 15) is 12.8 Å². The van der Waals surface area contributed by atoms with Crippen molar-refractivity contribution in [2.24, 2.45) is 0 Å². The van der Waals surface area contributed by atoms with Crippen LogP contribution in [-0.2, 0) is 10.0 Å². The van der Waals surface area contributed by atoms with Gasteiger partial charge in [-0.1, -0.05) is 19.4 Å². The fourth-order valence-electron chi connectivity index (χ4n) is 2.67. The molecular weight excluding hydrogens is 291 g/mol. The van der Waals surface area contributed by atoms with Crippen LogP contribution in [0.25, 0.3) is 0 Å². The van der Waals surface area contributed by atoms with Crippen LogP contribution >= 0.6 is 0 Å². The average Bonchev–Trinajstić information content (AvgIpc) is 2.48. The minimum absolute atomic E-state index is 0.154. The van der Waals surface area contributed by atoms with Gasteiger partial charge in [0.25, 0.3) is 0 Å². The van der Waals surface area contributed by atoms with Crippen molar-refractivity contribution in [3.63, 3.8) is 0 Å². The Morgan fingerprint density at radius 1 is 1.38 bits per heavy atom. The van der Waals surface area contributed by atoms with E-state index in [0.29, 0.717) is 13.1 Å². The van der Waals surface area contributed by atoms with Crippen LogP contribution in [0.1, 0.15) is 31.7 Å². The average molecular weight is 314 g/mol. The molecule has 0 aliphatic carbocycles. The van der Waals surface area contributed by atoms with Gasteiger partial charge in [-0.15, -0.1) is 0 Å². The Hall–Kier alpha value is -0.980. The monoisotopic (exact) mass is 314 g/mol. The van der Waals surface area contributed by atoms with Gasteiger partial charge >= 0.3 is 0 Å². The molecule has 21 heavy (non-hydrogen) atoms. The van der Waals surface area contributed by atoms with Gasteiger partial charge in [-0.25, -0.2) is 12.8 Å². The molecule has 1 N–H and O–H groups in total. The highest BCUT2D eigenvalue weighted by Crippen LogP contribution is 2.21. The van der Waals surface area contributed by atoms with Crippen molar-refractivity contribution in [1.29, 1.82) is 0 Å². The fourth-order valence-corrected chi connectivity index (χ4v) is 4.31. The lowest BCUT2D eigenvalue weighted by molar-refractivity contribution is 0.318. The van der Waals surface area contributed by atoms with Crippen molar-refractivity contribution >= 4 is 10.0 Å². The SMILES string of the molecule is CCN(CC1CCCCN1)S(=O)(=O)c1cc(C)ccc1F. The van der Waals surface area contributed by atoms with Gasteiger partial charge in [0.05, 0.1) is 0 Å². The van der Waals surface area contributed by atoms with Crippen LogP contribution in [-0.4, -0.2) is 38.4 Å². The quantitative estimate of drug-likeness (QED) is 0.907. The van der Waals surface area contributed by atoms with E-state index in [0.717, 1.165) is 31.4 Å². The molecule has 1 aliphatic heterocycles. The zero-order valence-corrected chi connectivity index (χ0v) is 13.4. The van der Waals surface area contributed by atoms with E-state index in [-0.39, 0.29) is 10.9 Å². The lowest BCUT2D eigenvalue weighted by atomic mass is 10.1. The van der Waals surface area contributed by atoms with Crippen LogP contribution in [0.5, 0.6) is 0 Å². The predicted octanol–water partition coefficient (Wildman–Crippen LogP) is 2.29. The van der Waals surface area contributed by atoms with Gasteiger partial charge in [-0.2, -0.15) is 4.31 Å². The van der Waals surface area contributed by atoms with Crippen molar-refractivity contribution in [2.45, 2.75) is 44.0 Å². The first-order chi connectivity index (χ1) is 9.95. The van der Waals surface area contributed by atoms with Crippen molar-refractivity contribution in [3.05, 3.63) is 29.6 Å². The maximum atomic E-state index is 13.9. The minimum atomic E-state index is -3.79. The Bertz CT molecular complexity index is 583. The molecule has 1 aromatic rings. The summed E-state index contributed by atoms with van der Waals surface area (Å²) < 4.78 is 40.6. The van der Waals surface area contributed by atoms with E-state index in [2.05, 4.69) is 5.32 Å². The van der Waals surface area contributed by atoms with Gasteiger partial charge in [0.1, 0.15) is 10.7 Å².